The number of rotatable bonds is 2. The van der Waals surface area contributed by atoms with Gasteiger partial charge < -0.3 is 5.73 Å². The van der Waals surface area contributed by atoms with Crippen molar-refractivity contribution in [2.24, 2.45) is 29.4 Å². The summed E-state index contributed by atoms with van der Waals surface area (Å²) in [6.45, 7) is 0. The highest BCUT2D eigenvalue weighted by Crippen LogP contribution is 2.62. The molecule has 92 valence electrons. The molecule has 0 aromatic carbocycles. The lowest BCUT2D eigenvalue weighted by Gasteiger charge is -2.39. The predicted octanol–water partition coefficient (Wildman–Crippen LogP) is 2.84. The number of nitrogens with two attached hydrogens (primary N) is 1. The second kappa shape index (κ2) is 3.55. The van der Waals surface area contributed by atoms with E-state index in [-0.39, 0.29) is 5.54 Å². The first-order valence-electron chi connectivity index (χ1n) is 6.93. The SMILES string of the molecule is NC1(Cc2nccs2)CC2CC1C1CCCC21. The molecule has 0 radical (unpaired) electrons. The van der Waals surface area contributed by atoms with Gasteiger partial charge in [0.15, 0.2) is 0 Å². The lowest BCUT2D eigenvalue weighted by molar-refractivity contribution is 0.156. The summed E-state index contributed by atoms with van der Waals surface area (Å²) < 4.78 is 0. The summed E-state index contributed by atoms with van der Waals surface area (Å²) in [5.41, 5.74) is 6.84. The smallest absolute Gasteiger partial charge is 0.0943 e. The van der Waals surface area contributed by atoms with Crippen molar-refractivity contribution in [1.82, 2.24) is 4.98 Å². The van der Waals surface area contributed by atoms with Gasteiger partial charge in [0.2, 0.25) is 0 Å². The molecule has 3 saturated carbocycles. The lowest BCUT2D eigenvalue weighted by Crippen LogP contribution is -2.50. The van der Waals surface area contributed by atoms with Gasteiger partial charge in [-0.2, -0.15) is 0 Å². The van der Waals surface area contributed by atoms with Crippen LogP contribution in [0.25, 0.3) is 0 Å². The molecule has 1 aromatic rings. The number of aromatic nitrogens is 1. The van der Waals surface area contributed by atoms with Crippen LogP contribution in [0.4, 0.5) is 0 Å². The Kier molecular flexibility index (Phi) is 2.19. The van der Waals surface area contributed by atoms with Crippen molar-refractivity contribution in [2.45, 2.75) is 44.1 Å². The van der Waals surface area contributed by atoms with E-state index >= 15 is 0 Å². The molecule has 3 aliphatic carbocycles. The van der Waals surface area contributed by atoms with Crippen LogP contribution < -0.4 is 5.73 Å². The van der Waals surface area contributed by atoms with E-state index < -0.39 is 0 Å². The molecule has 0 amide bonds. The number of fused-ring (bicyclic) bond motifs is 5. The molecule has 3 aliphatic rings. The van der Waals surface area contributed by atoms with Gasteiger partial charge in [-0.15, -0.1) is 11.3 Å². The lowest BCUT2D eigenvalue weighted by atomic mass is 9.70. The number of hydrogen-bond donors (Lipinski definition) is 1. The Morgan fingerprint density at radius 1 is 1.41 bits per heavy atom. The van der Waals surface area contributed by atoms with Crippen molar-refractivity contribution >= 4 is 11.3 Å². The number of thiazole rings is 1. The first-order valence-corrected chi connectivity index (χ1v) is 7.81. The molecule has 17 heavy (non-hydrogen) atoms. The first kappa shape index (κ1) is 10.5. The van der Waals surface area contributed by atoms with Crippen molar-refractivity contribution in [1.29, 1.82) is 0 Å². The monoisotopic (exact) mass is 248 g/mol. The first-order chi connectivity index (χ1) is 8.26. The largest absolute Gasteiger partial charge is 0.324 e. The molecule has 2 N–H and O–H groups in total. The van der Waals surface area contributed by atoms with E-state index in [1.54, 1.807) is 11.3 Å². The second-order valence-electron chi connectivity index (χ2n) is 6.40. The summed E-state index contributed by atoms with van der Waals surface area (Å²) in [7, 11) is 0. The third-order valence-corrected chi connectivity index (χ3v) is 6.43. The second-order valence-corrected chi connectivity index (χ2v) is 7.38. The summed E-state index contributed by atoms with van der Waals surface area (Å²) in [6, 6.07) is 0. The summed E-state index contributed by atoms with van der Waals surface area (Å²) in [4.78, 5) is 4.43. The Morgan fingerprint density at radius 2 is 2.29 bits per heavy atom. The molecule has 2 nitrogen and oxygen atoms in total. The highest BCUT2D eigenvalue weighted by Gasteiger charge is 2.59. The van der Waals surface area contributed by atoms with E-state index in [4.69, 9.17) is 5.73 Å². The van der Waals surface area contributed by atoms with Gasteiger partial charge in [0.1, 0.15) is 0 Å². The average Bonchev–Trinajstić information content (AvgIpc) is 2.96. The predicted molar refractivity (Wildman–Crippen MR) is 69.8 cm³/mol. The van der Waals surface area contributed by atoms with Crippen LogP contribution in [0.2, 0.25) is 0 Å². The Labute approximate surface area is 107 Å². The quantitative estimate of drug-likeness (QED) is 0.874. The van der Waals surface area contributed by atoms with E-state index in [1.165, 1.54) is 37.1 Å². The summed E-state index contributed by atoms with van der Waals surface area (Å²) in [5.74, 6) is 3.73. The van der Waals surface area contributed by atoms with Crippen molar-refractivity contribution in [3.05, 3.63) is 16.6 Å². The molecule has 3 heteroatoms. The summed E-state index contributed by atoms with van der Waals surface area (Å²) >= 11 is 1.77. The Balaban J connectivity index is 1.59. The Bertz CT molecular complexity index is 416. The van der Waals surface area contributed by atoms with Gasteiger partial charge in [-0.05, 0) is 49.4 Å². The van der Waals surface area contributed by atoms with Gasteiger partial charge in [-0.1, -0.05) is 6.42 Å². The van der Waals surface area contributed by atoms with E-state index in [1.807, 2.05) is 6.20 Å². The zero-order valence-corrected chi connectivity index (χ0v) is 11.0. The van der Waals surface area contributed by atoms with Crippen LogP contribution in [0.5, 0.6) is 0 Å². The molecular formula is C14H20N2S. The van der Waals surface area contributed by atoms with Crippen LogP contribution in [0.3, 0.4) is 0 Å². The van der Waals surface area contributed by atoms with Gasteiger partial charge in [-0.25, -0.2) is 4.98 Å². The molecule has 0 aliphatic heterocycles. The maximum atomic E-state index is 6.76. The molecule has 1 aromatic heterocycles. The van der Waals surface area contributed by atoms with Gasteiger partial charge in [0.25, 0.3) is 0 Å². The molecule has 0 saturated heterocycles. The fourth-order valence-corrected chi connectivity index (χ4v) is 5.89. The van der Waals surface area contributed by atoms with E-state index in [0.717, 1.165) is 30.1 Å². The molecule has 1 heterocycles. The number of hydrogen-bond acceptors (Lipinski definition) is 3. The average molecular weight is 248 g/mol. The Morgan fingerprint density at radius 3 is 3.12 bits per heavy atom. The Hall–Kier alpha value is -0.410. The topological polar surface area (TPSA) is 38.9 Å². The van der Waals surface area contributed by atoms with Crippen molar-refractivity contribution in [3.63, 3.8) is 0 Å². The molecule has 3 fully saturated rings. The molecule has 2 bridgehead atoms. The number of nitrogens with zero attached hydrogens (tertiary/aromatic N) is 1. The van der Waals surface area contributed by atoms with Crippen LogP contribution in [-0.2, 0) is 6.42 Å². The van der Waals surface area contributed by atoms with Crippen LogP contribution in [0, 0.1) is 23.7 Å². The molecule has 4 rings (SSSR count). The third-order valence-electron chi connectivity index (χ3n) is 5.65. The van der Waals surface area contributed by atoms with E-state index in [0.29, 0.717) is 0 Å². The molecular weight excluding hydrogens is 228 g/mol. The molecule has 5 atom stereocenters. The maximum absolute atomic E-state index is 6.76. The highest BCUT2D eigenvalue weighted by atomic mass is 32.1. The zero-order chi connectivity index (χ0) is 11.5. The molecule has 0 spiro atoms. The minimum Gasteiger partial charge on any atom is -0.324 e. The van der Waals surface area contributed by atoms with Crippen LogP contribution in [0.15, 0.2) is 11.6 Å². The van der Waals surface area contributed by atoms with Crippen LogP contribution in [0.1, 0.15) is 37.1 Å². The fourth-order valence-electron chi connectivity index (χ4n) is 5.14. The van der Waals surface area contributed by atoms with Gasteiger partial charge in [0.05, 0.1) is 5.01 Å². The fraction of sp³-hybridized carbons (Fsp3) is 0.786. The van der Waals surface area contributed by atoms with Crippen LogP contribution in [-0.4, -0.2) is 10.5 Å². The van der Waals surface area contributed by atoms with Gasteiger partial charge >= 0.3 is 0 Å². The minimum absolute atomic E-state index is 0.0774. The molecule has 5 unspecified atom stereocenters. The van der Waals surface area contributed by atoms with Crippen molar-refractivity contribution < 1.29 is 0 Å². The summed E-state index contributed by atoms with van der Waals surface area (Å²) in [5, 5.41) is 3.32. The van der Waals surface area contributed by atoms with E-state index in [2.05, 4.69) is 10.4 Å². The maximum Gasteiger partial charge on any atom is 0.0943 e. The van der Waals surface area contributed by atoms with Crippen LogP contribution >= 0.6 is 11.3 Å². The summed E-state index contributed by atoms with van der Waals surface area (Å²) in [6.07, 6.45) is 10.00. The third kappa shape index (κ3) is 1.45. The standard InChI is InChI=1S/C14H20N2S/c15-14(8-13-16-4-5-17-13)7-9-6-12(14)11-3-1-2-10(9)11/h4-5,9-12H,1-3,6-8,15H2. The van der Waals surface area contributed by atoms with Gasteiger partial charge in [-0.3, -0.25) is 0 Å². The highest BCUT2D eigenvalue weighted by molar-refractivity contribution is 7.09. The minimum atomic E-state index is 0.0774. The zero-order valence-electron chi connectivity index (χ0n) is 10.1. The van der Waals surface area contributed by atoms with Crippen molar-refractivity contribution in [2.75, 3.05) is 0 Å². The van der Waals surface area contributed by atoms with Gasteiger partial charge in [0, 0.05) is 23.5 Å². The normalized spacial score (nSPS) is 47.6. The van der Waals surface area contributed by atoms with E-state index in [9.17, 15) is 0 Å². The van der Waals surface area contributed by atoms with Crippen molar-refractivity contribution in [3.8, 4) is 0 Å².